The molecule has 9 heteroatoms. The highest BCUT2D eigenvalue weighted by molar-refractivity contribution is 7.90. The number of ether oxygens (including phenoxy) is 1. The number of aromatic nitrogens is 2. The Kier molecular flexibility index (Phi) is 6.71. The zero-order valence-corrected chi connectivity index (χ0v) is 22.3. The highest BCUT2D eigenvalue weighted by atomic mass is 32.2. The maximum Gasteiger partial charge on any atom is 0.329 e. The van der Waals surface area contributed by atoms with Gasteiger partial charge in [0.05, 0.1) is 11.0 Å². The number of aryl methyl sites for hydroxylation is 1. The molecule has 196 valence electrons. The van der Waals surface area contributed by atoms with Crippen molar-refractivity contribution in [1.82, 2.24) is 19.6 Å². The van der Waals surface area contributed by atoms with Crippen LogP contribution < -0.4 is 14.8 Å². The Hall–Kier alpha value is -4.11. The van der Waals surface area contributed by atoms with Gasteiger partial charge in [-0.05, 0) is 68.7 Å². The first-order chi connectivity index (χ1) is 18.2. The molecule has 0 bridgehead atoms. The topological polar surface area (TPSA) is 102 Å². The molecular formula is C29H30N4O4S. The summed E-state index contributed by atoms with van der Waals surface area (Å²) < 4.78 is 35.9. The summed E-state index contributed by atoms with van der Waals surface area (Å²) in [4.78, 5) is 17.9. The smallest absolute Gasteiger partial charge is 0.329 e. The molecule has 2 unspecified atom stereocenters. The van der Waals surface area contributed by atoms with E-state index >= 15 is 0 Å². The van der Waals surface area contributed by atoms with Gasteiger partial charge in [0.15, 0.2) is 0 Å². The van der Waals surface area contributed by atoms with Gasteiger partial charge in [0, 0.05) is 24.0 Å². The number of urea groups is 1. The quantitative estimate of drug-likeness (QED) is 0.332. The summed E-state index contributed by atoms with van der Waals surface area (Å²) in [6.07, 6.45) is 4.14. The summed E-state index contributed by atoms with van der Waals surface area (Å²) in [6.45, 7) is 5.63. The normalized spacial score (nSPS) is 18.7. The van der Waals surface area contributed by atoms with Crippen molar-refractivity contribution in [2.75, 3.05) is 0 Å². The third kappa shape index (κ3) is 5.02. The molecule has 4 aromatic rings. The van der Waals surface area contributed by atoms with E-state index in [9.17, 15) is 13.2 Å². The summed E-state index contributed by atoms with van der Waals surface area (Å²) in [5.41, 5.74) is 1.53. The third-order valence-electron chi connectivity index (χ3n) is 6.64. The fourth-order valence-corrected chi connectivity index (χ4v) is 6.01. The first-order valence-corrected chi connectivity index (χ1v) is 13.9. The van der Waals surface area contributed by atoms with Gasteiger partial charge in [0.25, 0.3) is 10.0 Å². The Morgan fingerprint density at radius 1 is 1.03 bits per heavy atom. The highest BCUT2D eigenvalue weighted by Gasteiger charge is 2.60. The molecule has 0 aliphatic heterocycles. The summed E-state index contributed by atoms with van der Waals surface area (Å²) in [5, 5.41) is 2.97. The summed E-state index contributed by atoms with van der Waals surface area (Å²) in [6, 6.07) is 23.2. The number of hydrogen-bond donors (Lipinski definition) is 2. The molecule has 1 aliphatic carbocycles. The standard InChI is InChI=1S/C29H30N4O4S/c1-20(2)37-24-15-13-23(14-16-24)33-18-17-30-27(33)29(19-25(29)22-10-5-4-6-11-22)31-28(34)32-38(35,36)26-12-8-7-9-21(26)3/h4-18,20,25H,19H2,1-3H3,(H2,31,32,34). The van der Waals surface area contributed by atoms with Crippen LogP contribution in [-0.2, 0) is 15.6 Å². The van der Waals surface area contributed by atoms with Gasteiger partial charge >= 0.3 is 6.03 Å². The first kappa shape index (κ1) is 25.5. The molecule has 1 aliphatic rings. The minimum Gasteiger partial charge on any atom is -0.491 e. The number of rotatable bonds is 8. The molecular weight excluding hydrogens is 500 g/mol. The lowest BCUT2D eigenvalue weighted by molar-refractivity contribution is 0.239. The van der Waals surface area contributed by atoms with Crippen molar-refractivity contribution >= 4 is 16.1 Å². The number of nitrogens with one attached hydrogen (secondary N) is 2. The van der Waals surface area contributed by atoms with Gasteiger partial charge < -0.3 is 14.6 Å². The second kappa shape index (κ2) is 9.98. The molecule has 0 saturated heterocycles. The molecule has 2 amide bonds. The summed E-state index contributed by atoms with van der Waals surface area (Å²) in [5.74, 6) is 1.29. The number of sulfonamides is 1. The van der Waals surface area contributed by atoms with Gasteiger partial charge in [-0.3, -0.25) is 0 Å². The highest BCUT2D eigenvalue weighted by Crippen LogP contribution is 2.58. The molecule has 0 radical (unpaired) electrons. The van der Waals surface area contributed by atoms with Crippen LogP contribution in [0, 0.1) is 6.92 Å². The van der Waals surface area contributed by atoms with E-state index in [1.165, 1.54) is 6.07 Å². The van der Waals surface area contributed by atoms with Gasteiger partial charge in [-0.1, -0.05) is 48.5 Å². The van der Waals surface area contributed by atoms with E-state index in [0.29, 0.717) is 17.8 Å². The van der Waals surface area contributed by atoms with Crippen LogP contribution in [0.5, 0.6) is 5.75 Å². The van der Waals surface area contributed by atoms with E-state index < -0.39 is 21.6 Å². The Morgan fingerprint density at radius 2 is 1.71 bits per heavy atom. The number of imidazole rings is 1. The predicted molar refractivity (Wildman–Crippen MR) is 145 cm³/mol. The van der Waals surface area contributed by atoms with Crippen LogP contribution in [0.25, 0.3) is 5.69 Å². The van der Waals surface area contributed by atoms with E-state index in [0.717, 1.165) is 17.0 Å². The molecule has 38 heavy (non-hydrogen) atoms. The van der Waals surface area contributed by atoms with E-state index in [-0.39, 0.29) is 16.9 Å². The molecule has 2 N–H and O–H groups in total. The number of amides is 2. The second-order valence-electron chi connectivity index (χ2n) is 9.75. The molecule has 1 aromatic heterocycles. The van der Waals surface area contributed by atoms with Crippen LogP contribution in [0.2, 0.25) is 0 Å². The maximum absolute atomic E-state index is 13.2. The van der Waals surface area contributed by atoms with Crippen LogP contribution in [0.4, 0.5) is 4.79 Å². The summed E-state index contributed by atoms with van der Waals surface area (Å²) in [7, 11) is -4.07. The Morgan fingerprint density at radius 3 is 2.39 bits per heavy atom. The van der Waals surface area contributed by atoms with Gasteiger partial charge in [-0.15, -0.1) is 0 Å². The van der Waals surface area contributed by atoms with Crippen LogP contribution in [0.1, 0.15) is 43.1 Å². The monoisotopic (exact) mass is 530 g/mol. The van der Waals surface area contributed by atoms with Gasteiger partial charge in [-0.2, -0.15) is 0 Å². The molecule has 0 spiro atoms. The van der Waals surface area contributed by atoms with Crippen molar-refractivity contribution < 1.29 is 17.9 Å². The average molecular weight is 531 g/mol. The lowest BCUT2D eigenvalue weighted by Gasteiger charge is -2.22. The van der Waals surface area contributed by atoms with E-state index in [4.69, 9.17) is 4.74 Å². The maximum atomic E-state index is 13.2. The molecule has 2 atom stereocenters. The van der Waals surface area contributed by atoms with E-state index in [2.05, 4.69) is 15.0 Å². The molecule has 1 fully saturated rings. The number of nitrogens with zero attached hydrogens (tertiary/aromatic N) is 2. The molecule has 5 rings (SSSR count). The Labute approximate surface area is 222 Å². The van der Waals surface area contributed by atoms with E-state index in [1.807, 2.05) is 79.2 Å². The predicted octanol–water partition coefficient (Wildman–Crippen LogP) is 5.04. The third-order valence-corrected chi connectivity index (χ3v) is 8.13. The van der Waals surface area contributed by atoms with Crippen LogP contribution in [-0.4, -0.2) is 30.1 Å². The van der Waals surface area contributed by atoms with Crippen LogP contribution in [0.3, 0.4) is 0 Å². The SMILES string of the molecule is Cc1ccccc1S(=O)(=O)NC(=O)NC1(c2nccn2-c2ccc(OC(C)C)cc2)CC1c1ccccc1. The van der Waals surface area contributed by atoms with Crippen molar-refractivity contribution in [3.63, 3.8) is 0 Å². The second-order valence-corrected chi connectivity index (χ2v) is 11.4. The Balaban J connectivity index is 1.47. The van der Waals surface area contributed by atoms with Crippen molar-refractivity contribution in [1.29, 1.82) is 0 Å². The van der Waals surface area contributed by atoms with Crippen LogP contribution in [0.15, 0.2) is 96.2 Å². The first-order valence-electron chi connectivity index (χ1n) is 12.5. The van der Waals surface area contributed by atoms with Crippen molar-refractivity contribution in [2.45, 2.75) is 49.6 Å². The number of hydrogen-bond acceptors (Lipinski definition) is 5. The van der Waals surface area contributed by atoms with Gasteiger partial charge in [0.1, 0.15) is 17.1 Å². The van der Waals surface area contributed by atoms with Gasteiger partial charge in [0.2, 0.25) is 0 Å². The Bertz CT molecular complexity index is 1550. The lowest BCUT2D eigenvalue weighted by atomic mass is 10.1. The zero-order chi connectivity index (χ0) is 26.9. The van der Waals surface area contributed by atoms with Gasteiger partial charge in [-0.25, -0.2) is 22.9 Å². The summed E-state index contributed by atoms with van der Waals surface area (Å²) >= 11 is 0. The van der Waals surface area contributed by atoms with Crippen molar-refractivity contribution in [3.8, 4) is 11.4 Å². The van der Waals surface area contributed by atoms with Crippen molar-refractivity contribution in [2.24, 2.45) is 0 Å². The lowest BCUT2D eigenvalue weighted by Crippen LogP contribution is -2.46. The molecule has 1 heterocycles. The molecule has 1 saturated carbocycles. The number of carbonyl (C=O) groups excluding carboxylic acids is 1. The van der Waals surface area contributed by atoms with Crippen LogP contribution >= 0.6 is 0 Å². The minimum absolute atomic E-state index is 0.0599. The molecule has 3 aromatic carbocycles. The molecule has 8 nitrogen and oxygen atoms in total. The largest absolute Gasteiger partial charge is 0.491 e. The zero-order valence-electron chi connectivity index (χ0n) is 21.5. The minimum atomic E-state index is -4.07. The fraction of sp³-hybridized carbons (Fsp3) is 0.241. The van der Waals surface area contributed by atoms with Crippen molar-refractivity contribution in [3.05, 3.63) is 108 Å². The van der Waals surface area contributed by atoms with E-state index in [1.54, 1.807) is 31.3 Å². The average Bonchev–Trinajstić information content (AvgIpc) is 3.37. The number of carbonyl (C=O) groups is 1. The fourth-order valence-electron chi connectivity index (χ4n) is 4.85. The number of benzene rings is 3.